The number of hydrogen-bond acceptors (Lipinski definition) is 5. The number of nitrogens with two attached hydrogens (primary N) is 1. The smallest absolute Gasteiger partial charge is 0.254 e. The van der Waals surface area contributed by atoms with Gasteiger partial charge in [0.25, 0.3) is 5.91 Å². The van der Waals surface area contributed by atoms with E-state index >= 15 is 0 Å². The monoisotopic (exact) mass is 416 g/mol. The Kier molecular flexibility index (Phi) is 5.89. The molecule has 1 aromatic heterocycles. The van der Waals surface area contributed by atoms with Gasteiger partial charge in [-0.15, -0.1) is 0 Å². The van der Waals surface area contributed by atoms with Crippen molar-refractivity contribution in [3.63, 3.8) is 0 Å². The van der Waals surface area contributed by atoms with Crippen molar-refractivity contribution in [3.8, 4) is 5.75 Å². The Morgan fingerprint density at radius 3 is 2.84 bits per heavy atom. The van der Waals surface area contributed by atoms with Crippen LogP contribution in [0.2, 0.25) is 0 Å². The molecule has 1 unspecified atom stereocenters. The number of nitrogens with zero attached hydrogens (tertiary/aromatic N) is 2. The van der Waals surface area contributed by atoms with Crippen LogP contribution >= 0.6 is 0 Å². The summed E-state index contributed by atoms with van der Waals surface area (Å²) in [6, 6.07) is 13.3. The van der Waals surface area contributed by atoms with Gasteiger partial charge >= 0.3 is 0 Å². The number of carbonyl (C=O) groups is 1. The number of hydrogen-bond donors (Lipinski definition) is 2. The molecule has 4 rings (SSSR count). The predicted molar refractivity (Wildman–Crippen MR) is 124 cm³/mol. The standard InChI is InChI=1S/C25H28N4O2/c1-16-13-28-21-10-4-3-8-19(21)23(16)25(30)29-12-6-7-18(14-29)15-31-22-11-5-9-20(27)24(22)17(2)26/h3-5,8-11,13,18,26H,6-7,12,14-15,27H2,1-2H3. The number of nitrogen functional groups attached to an aromatic ring is 1. The molecule has 6 heteroatoms. The van der Waals surface area contributed by atoms with Crippen LogP contribution in [0.1, 0.15) is 41.3 Å². The highest BCUT2D eigenvalue weighted by Crippen LogP contribution is 2.28. The zero-order valence-corrected chi connectivity index (χ0v) is 18.0. The van der Waals surface area contributed by atoms with Gasteiger partial charge in [-0.3, -0.25) is 9.78 Å². The summed E-state index contributed by atoms with van der Waals surface area (Å²) in [7, 11) is 0. The lowest BCUT2D eigenvalue weighted by atomic mass is 9.96. The fourth-order valence-corrected chi connectivity index (χ4v) is 4.35. The van der Waals surface area contributed by atoms with Crippen molar-refractivity contribution in [2.24, 2.45) is 5.92 Å². The number of rotatable bonds is 5. The first-order chi connectivity index (χ1) is 15.0. The SMILES string of the molecule is CC(=N)c1c(N)cccc1OCC1CCCN(C(=O)c2c(C)cnc3ccccc23)C1. The van der Waals surface area contributed by atoms with Gasteiger partial charge in [0.05, 0.1) is 23.3 Å². The van der Waals surface area contributed by atoms with E-state index in [1.54, 1.807) is 19.2 Å². The minimum atomic E-state index is 0.0563. The summed E-state index contributed by atoms with van der Waals surface area (Å²) in [6.07, 6.45) is 3.72. The van der Waals surface area contributed by atoms with Crippen molar-refractivity contribution in [1.82, 2.24) is 9.88 Å². The fourth-order valence-electron chi connectivity index (χ4n) is 4.35. The number of anilines is 1. The Hall–Kier alpha value is -3.41. The van der Waals surface area contributed by atoms with Gasteiger partial charge in [0.2, 0.25) is 0 Å². The number of pyridine rings is 1. The summed E-state index contributed by atoms with van der Waals surface area (Å²) < 4.78 is 6.08. The second-order valence-electron chi connectivity index (χ2n) is 8.25. The first-order valence-electron chi connectivity index (χ1n) is 10.7. The van der Waals surface area contributed by atoms with Gasteiger partial charge < -0.3 is 20.8 Å². The number of piperidine rings is 1. The molecule has 1 fully saturated rings. The van der Waals surface area contributed by atoms with Crippen LogP contribution < -0.4 is 10.5 Å². The van der Waals surface area contributed by atoms with Crippen LogP contribution in [0, 0.1) is 18.3 Å². The average Bonchev–Trinajstić information content (AvgIpc) is 2.77. The minimum Gasteiger partial charge on any atom is -0.492 e. The van der Waals surface area contributed by atoms with Crippen LogP contribution in [-0.2, 0) is 0 Å². The summed E-state index contributed by atoms with van der Waals surface area (Å²) in [4.78, 5) is 19.9. The van der Waals surface area contributed by atoms with E-state index in [1.807, 2.05) is 48.2 Å². The number of amides is 1. The highest BCUT2D eigenvalue weighted by Gasteiger charge is 2.27. The molecule has 0 spiro atoms. The quantitative estimate of drug-likeness (QED) is 0.475. The molecule has 2 heterocycles. The topological polar surface area (TPSA) is 92.3 Å². The number of benzene rings is 2. The summed E-state index contributed by atoms with van der Waals surface area (Å²) in [6.45, 7) is 5.54. The third-order valence-corrected chi connectivity index (χ3v) is 5.89. The Balaban J connectivity index is 1.50. The summed E-state index contributed by atoms with van der Waals surface area (Å²) in [5.74, 6) is 0.916. The number of nitrogens with one attached hydrogen (secondary N) is 1. The van der Waals surface area contributed by atoms with Gasteiger partial charge in [0.15, 0.2) is 0 Å². The number of aryl methyl sites for hydroxylation is 1. The summed E-state index contributed by atoms with van der Waals surface area (Å²) in [5, 5.41) is 8.89. The van der Waals surface area contributed by atoms with E-state index in [1.165, 1.54) is 0 Å². The molecule has 6 nitrogen and oxygen atoms in total. The van der Waals surface area contributed by atoms with Gasteiger partial charge in [0, 0.05) is 42.0 Å². The third kappa shape index (κ3) is 4.24. The lowest BCUT2D eigenvalue weighted by Gasteiger charge is -2.33. The molecule has 1 atom stereocenters. The Bertz CT molecular complexity index is 1140. The highest BCUT2D eigenvalue weighted by atomic mass is 16.5. The van der Waals surface area contributed by atoms with Crippen LogP contribution in [-0.4, -0.2) is 41.2 Å². The van der Waals surface area contributed by atoms with Crippen molar-refractivity contribution in [2.75, 3.05) is 25.4 Å². The molecule has 1 amide bonds. The van der Waals surface area contributed by atoms with Crippen molar-refractivity contribution in [1.29, 1.82) is 5.41 Å². The number of likely N-dealkylation sites (tertiary alicyclic amines) is 1. The molecule has 0 radical (unpaired) electrons. The van der Waals surface area contributed by atoms with Crippen molar-refractivity contribution >= 4 is 28.2 Å². The molecular weight excluding hydrogens is 388 g/mol. The van der Waals surface area contributed by atoms with Crippen LogP contribution in [0.4, 0.5) is 5.69 Å². The van der Waals surface area contributed by atoms with Crippen LogP contribution in [0.5, 0.6) is 5.75 Å². The molecule has 1 saturated heterocycles. The van der Waals surface area contributed by atoms with E-state index in [9.17, 15) is 4.79 Å². The van der Waals surface area contributed by atoms with Crippen molar-refractivity contribution < 1.29 is 9.53 Å². The summed E-state index contributed by atoms with van der Waals surface area (Å²) >= 11 is 0. The molecule has 0 saturated carbocycles. The second-order valence-corrected chi connectivity index (χ2v) is 8.25. The van der Waals surface area contributed by atoms with E-state index in [2.05, 4.69) is 4.98 Å². The molecule has 0 aliphatic carbocycles. The maximum atomic E-state index is 13.5. The van der Waals surface area contributed by atoms with E-state index in [-0.39, 0.29) is 11.8 Å². The molecule has 1 aliphatic rings. The zero-order chi connectivity index (χ0) is 22.0. The van der Waals surface area contributed by atoms with Gasteiger partial charge in [-0.25, -0.2) is 0 Å². The summed E-state index contributed by atoms with van der Waals surface area (Å²) in [5.41, 5.74) is 10.1. The maximum absolute atomic E-state index is 13.5. The van der Waals surface area contributed by atoms with E-state index in [4.69, 9.17) is 15.9 Å². The van der Waals surface area contributed by atoms with Gasteiger partial charge in [-0.2, -0.15) is 0 Å². The Morgan fingerprint density at radius 1 is 1.23 bits per heavy atom. The lowest BCUT2D eigenvalue weighted by Crippen LogP contribution is -2.42. The number of aromatic nitrogens is 1. The van der Waals surface area contributed by atoms with Crippen LogP contribution in [0.3, 0.4) is 0 Å². The molecule has 1 aliphatic heterocycles. The lowest BCUT2D eigenvalue weighted by molar-refractivity contribution is 0.0634. The zero-order valence-electron chi connectivity index (χ0n) is 18.0. The van der Waals surface area contributed by atoms with E-state index < -0.39 is 0 Å². The van der Waals surface area contributed by atoms with E-state index in [0.29, 0.717) is 35.9 Å². The maximum Gasteiger partial charge on any atom is 0.254 e. The van der Waals surface area contributed by atoms with Crippen molar-refractivity contribution in [2.45, 2.75) is 26.7 Å². The number of ether oxygens (including phenoxy) is 1. The number of para-hydroxylation sites is 1. The molecule has 0 bridgehead atoms. The Morgan fingerprint density at radius 2 is 2.03 bits per heavy atom. The third-order valence-electron chi connectivity index (χ3n) is 5.89. The van der Waals surface area contributed by atoms with Crippen LogP contribution in [0.25, 0.3) is 10.9 Å². The Labute approximate surface area is 182 Å². The molecule has 2 aromatic carbocycles. The number of carbonyl (C=O) groups excluding carboxylic acids is 1. The first kappa shape index (κ1) is 20.8. The van der Waals surface area contributed by atoms with Gasteiger partial charge in [-0.1, -0.05) is 24.3 Å². The fraction of sp³-hybridized carbons (Fsp3) is 0.320. The molecule has 3 N–H and O–H groups in total. The average molecular weight is 417 g/mol. The molecule has 3 aromatic rings. The van der Waals surface area contributed by atoms with Crippen molar-refractivity contribution in [3.05, 3.63) is 65.4 Å². The highest BCUT2D eigenvalue weighted by molar-refractivity contribution is 6.07. The molecular formula is C25H28N4O2. The second kappa shape index (κ2) is 8.76. The largest absolute Gasteiger partial charge is 0.492 e. The van der Waals surface area contributed by atoms with Gasteiger partial charge in [0.1, 0.15) is 5.75 Å². The van der Waals surface area contributed by atoms with E-state index in [0.717, 1.165) is 41.4 Å². The normalized spacial score (nSPS) is 16.3. The first-order valence-corrected chi connectivity index (χ1v) is 10.7. The molecule has 160 valence electrons. The number of fused-ring (bicyclic) bond motifs is 1. The van der Waals surface area contributed by atoms with Crippen LogP contribution in [0.15, 0.2) is 48.7 Å². The predicted octanol–water partition coefficient (Wildman–Crippen LogP) is 4.44. The minimum absolute atomic E-state index is 0.0563. The van der Waals surface area contributed by atoms with Gasteiger partial charge in [-0.05, 0) is 50.5 Å². The molecule has 31 heavy (non-hydrogen) atoms.